The predicted octanol–water partition coefficient (Wildman–Crippen LogP) is 2.67. The lowest BCUT2D eigenvalue weighted by Crippen LogP contribution is -1.95. The SMILES string of the molecule is CNc1cc(C(F)F)ccc1OC. The summed E-state index contributed by atoms with van der Waals surface area (Å²) < 4.78 is 29.5. The number of rotatable bonds is 3. The first kappa shape index (κ1) is 9.77. The molecule has 0 amide bonds. The van der Waals surface area contributed by atoms with Crippen molar-refractivity contribution in [1.29, 1.82) is 0 Å². The lowest BCUT2D eigenvalue weighted by molar-refractivity contribution is 0.151. The van der Waals surface area contributed by atoms with Gasteiger partial charge < -0.3 is 10.1 Å². The number of hydrogen-bond acceptors (Lipinski definition) is 2. The maximum absolute atomic E-state index is 12.3. The molecule has 0 aliphatic rings. The van der Waals surface area contributed by atoms with Crippen LogP contribution in [0.15, 0.2) is 18.2 Å². The molecule has 0 aliphatic carbocycles. The number of halogens is 2. The van der Waals surface area contributed by atoms with Gasteiger partial charge in [0.25, 0.3) is 6.43 Å². The molecule has 1 aromatic rings. The Hall–Kier alpha value is -1.32. The fourth-order valence-corrected chi connectivity index (χ4v) is 1.06. The molecule has 1 N–H and O–H groups in total. The minimum absolute atomic E-state index is 0.00912. The highest BCUT2D eigenvalue weighted by molar-refractivity contribution is 5.57. The van der Waals surface area contributed by atoms with Crippen molar-refractivity contribution in [3.8, 4) is 5.75 Å². The van der Waals surface area contributed by atoms with Gasteiger partial charge in [-0.1, -0.05) is 0 Å². The zero-order valence-electron chi connectivity index (χ0n) is 7.47. The van der Waals surface area contributed by atoms with Gasteiger partial charge in [0.15, 0.2) is 0 Å². The van der Waals surface area contributed by atoms with Crippen LogP contribution in [0.5, 0.6) is 5.75 Å². The maximum Gasteiger partial charge on any atom is 0.263 e. The number of nitrogens with one attached hydrogen (secondary N) is 1. The van der Waals surface area contributed by atoms with Gasteiger partial charge in [0.1, 0.15) is 5.75 Å². The number of ether oxygens (including phenoxy) is 1. The Balaban J connectivity index is 3.05. The van der Waals surface area contributed by atoms with Crippen molar-refractivity contribution in [2.45, 2.75) is 6.43 Å². The number of benzene rings is 1. The molecule has 0 atom stereocenters. The van der Waals surface area contributed by atoms with E-state index in [1.165, 1.54) is 25.3 Å². The minimum Gasteiger partial charge on any atom is -0.495 e. The second-order valence-electron chi connectivity index (χ2n) is 2.51. The molecule has 1 aromatic carbocycles. The van der Waals surface area contributed by atoms with Crippen LogP contribution in [0, 0.1) is 0 Å². The van der Waals surface area contributed by atoms with Gasteiger partial charge >= 0.3 is 0 Å². The van der Waals surface area contributed by atoms with Gasteiger partial charge in [0.05, 0.1) is 12.8 Å². The van der Waals surface area contributed by atoms with Gasteiger partial charge in [-0.2, -0.15) is 0 Å². The summed E-state index contributed by atoms with van der Waals surface area (Å²) in [5, 5.41) is 2.78. The van der Waals surface area contributed by atoms with Crippen LogP contribution in [0.2, 0.25) is 0 Å². The van der Waals surface area contributed by atoms with Crippen molar-refractivity contribution in [2.24, 2.45) is 0 Å². The molecule has 72 valence electrons. The normalized spacial score (nSPS) is 10.2. The highest BCUT2D eigenvalue weighted by Gasteiger charge is 2.09. The second kappa shape index (κ2) is 4.07. The average Bonchev–Trinajstić information content (AvgIpc) is 2.16. The van der Waals surface area contributed by atoms with E-state index in [4.69, 9.17) is 4.74 Å². The van der Waals surface area contributed by atoms with E-state index in [-0.39, 0.29) is 5.56 Å². The molecule has 0 bridgehead atoms. The van der Waals surface area contributed by atoms with Crippen LogP contribution in [-0.2, 0) is 0 Å². The average molecular weight is 187 g/mol. The Morgan fingerprint density at radius 3 is 2.54 bits per heavy atom. The molecule has 0 saturated carbocycles. The summed E-state index contributed by atoms with van der Waals surface area (Å²) in [4.78, 5) is 0. The fraction of sp³-hybridized carbons (Fsp3) is 0.333. The predicted molar refractivity (Wildman–Crippen MR) is 47.5 cm³/mol. The van der Waals surface area contributed by atoms with Crippen LogP contribution in [0.1, 0.15) is 12.0 Å². The Morgan fingerprint density at radius 2 is 2.08 bits per heavy atom. The molecule has 1 rings (SSSR count). The smallest absolute Gasteiger partial charge is 0.263 e. The van der Waals surface area contributed by atoms with E-state index in [9.17, 15) is 8.78 Å². The third-order valence-corrected chi connectivity index (χ3v) is 1.74. The summed E-state index contributed by atoms with van der Waals surface area (Å²) in [6.07, 6.45) is -2.45. The van der Waals surface area contributed by atoms with E-state index in [1.54, 1.807) is 7.05 Å². The van der Waals surface area contributed by atoms with E-state index in [0.29, 0.717) is 11.4 Å². The molecular formula is C9H11F2NO. The summed E-state index contributed by atoms with van der Waals surface area (Å²) in [5.74, 6) is 0.562. The number of methoxy groups -OCH3 is 1. The van der Waals surface area contributed by atoms with Crippen LogP contribution in [0.4, 0.5) is 14.5 Å². The molecule has 0 spiro atoms. The molecule has 2 nitrogen and oxygen atoms in total. The molecule has 0 aliphatic heterocycles. The third-order valence-electron chi connectivity index (χ3n) is 1.74. The van der Waals surface area contributed by atoms with Crippen LogP contribution < -0.4 is 10.1 Å². The Morgan fingerprint density at radius 1 is 1.38 bits per heavy atom. The van der Waals surface area contributed by atoms with Gasteiger partial charge in [0, 0.05) is 12.6 Å². The first-order valence-electron chi connectivity index (χ1n) is 3.83. The lowest BCUT2D eigenvalue weighted by Gasteiger charge is -2.09. The number of anilines is 1. The highest BCUT2D eigenvalue weighted by Crippen LogP contribution is 2.29. The zero-order valence-corrected chi connectivity index (χ0v) is 7.47. The van der Waals surface area contributed by atoms with E-state index in [0.717, 1.165) is 0 Å². The van der Waals surface area contributed by atoms with Gasteiger partial charge in [0.2, 0.25) is 0 Å². The van der Waals surface area contributed by atoms with E-state index in [1.807, 2.05) is 0 Å². The third kappa shape index (κ3) is 2.08. The zero-order chi connectivity index (χ0) is 9.84. The molecule has 0 radical (unpaired) electrons. The second-order valence-corrected chi connectivity index (χ2v) is 2.51. The van der Waals surface area contributed by atoms with Gasteiger partial charge in [-0.05, 0) is 18.2 Å². The van der Waals surface area contributed by atoms with Crippen LogP contribution in [0.25, 0.3) is 0 Å². The molecule has 13 heavy (non-hydrogen) atoms. The molecule has 0 unspecified atom stereocenters. The molecule has 0 saturated heterocycles. The molecule has 0 heterocycles. The van der Waals surface area contributed by atoms with Crippen LogP contribution >= 0.6 is 0 Å². The van der Waals surface area contributed by atoms with Crippen LogP contribution in [0.3, 0.4) is 0 Å². The summed E-state index contributed by atoms with van der Waals surface area (Å²) in [6, 6.07) is 4.25. The van der Waals surface area contributed by atoms with Gasteiger partial charge in [-0.25, -0.2) is 8.78 Å². The maximum atomic E-state index is 12.3. The highest BCUT2D eigenvalue weighted by atomic mass is 19.3. The van der Waals surface area contributed by atoms with Gasteiger partial charge in [-0.15, -0.1) is 0 Å². The summed E-state index contributed by atoms with van der Waals surface area (Å²) >= 11 is 0. The monoisotopic (exact) mass is 187 g/mol. The Kier molecular flexibility index (Phi) is 3.06. The lowest BCUT2D eigenvalue weighted by atomic mass is 10.2. The standard InChI is InChI=1S/C9H11F2NO/c1-12-7-5-6(9(10)11)3-4-8(7)13-2/h3-5,9,12H,1-2H3. The van der Waals surface area contributed by atoms with E-state index >= 15 is 0 Å². The van der Waals surface area contributed by atoms with Crippen molar-refractivity contribution in [3.05, 3.63) is 23.8 Å². The number of alkyl halides is 2. The summed E-state index contributed by atoms with van der Waals surface area (Å²) in [7, 11) is 3.16. The summed E-state index contributed by atoms with van der Waals surface area (Å²) in [6.45, 7) is 0. The first-order chi connectivity index (χ1) is 6.19. The Bertz CT molecular complexity index is 289. The van der Waals surface area contributed by atoms with Crippen molar-refractivity contribution >= 4 is 5.69 Å². The molecular weight excluding hydrogens is 176 g/mol. The van der Waals surface area contributed by atoms with Crippen molar-refractivity contribution in [1.82, 2.24) is 0 Å². The van der Waals surface area contributed by atoms with E-state index < -0.39 is 6.43 Å². The Labute approximate surface area is 75.5 Å². The fourth-order valence-electron chi connectivity index (χ4n) is 1.06. The quantitative estimate of drug-likeness (QED) is 0.785. The topological polar surface area (TPSA) is 21.3 Å². The van der Waals surface area contributed by atoms with E-state index in [2.05, 4.69) is 5.32 Å². The largest absolute Gasteiger partial charge is 0.495 e. The van der Waals surface area contributed by atoms with Crippen molar-refractivity contribution < 1.29 is 13.5 Å². The van der Waals surface area contributed by atoms with Gasteiger partial charge in [-0.3, -0.25) is 0 Å². The number of hydrogen-bond donors (Lipinski definition) is 1. The van der Waals surface area contributed by atoms with Crippen molar-refractivity contribution in [3.63, 3.8) is 0 Å². The van der Waals surface area contributed by atoms with Crippen molar-refractivity contribution in [2.75, 3.05) is 19.5 Å². The summed E-state index contributed by atoms with van der Waals surface area (Å²) in [5.41, 5.74) is 0.561. The first-order valence-corrected chi connectivity index (χ1v) is 3.83. The molecule has 0 aromatic heterocycles. The minimum atomic E-state index is -2.45. The molecule has 0 fully saturated rings. The van der Waals surface area contributed by atoms with Crippen LogP contribution in [-0.4, -0.2) is 14.2 Å². The molecule has 4 heteroatoms.